The molecule has 0 aromatic heterocycles. The number of hydrogen-bond donors (Lipinski definition) is 2. The Hall–Kier alpha value is -4.40. The molecular formula is C29H41NO19. The van der Waals surface area contributed by atoms with Crippen molar-refractivity contribution < 1.29 is 90.8 Å². The van der Waals surface area contributed by atoms with Gasteiger partial charge < -0.3 is 57.8 Å². The summed E-state index contributed by atoms with van der Waals surface area (Å²) in [5.41, 5.74) is 0. The number of amides is 1. The number of carbonyl (C=O) groups excluding carboxylic acids is 8. The molecule has 49 heavy (non-hydrogen) atoms. The first kappa shape index (κ1) is 40.8. The zero-order valence-corrected chi connectivity index (χ0v) is 28.1. The number of ether oxygens (including phenoxy) is 10. The summed E-state index contributed by atoms with van der Waals surface area (Å²) in [5, 5.41) is 13.3. The van der Waals surface area contributed by atoms with Gasteiger partial charge in [0.1, 0.15) is 24.9 Å². The molecule has 2 saturated heterocycles. The fraction of sp³-hybridized carbons (Fsp3) is 0.724. The molecule has 0 spiro atoms. The molecule has 20 nitrogen and oxygen atoms in total. The largest absolute Gasteiger partial charge is 0.463 e. The Labute approximate surface area is 280 Å². The maximum absolute atomic E-state index is 12.3. The van der Waals surface area contributed by atoms with Gasteiger partial charge in [0.2, 0.25) is 5.91 Å². The van der Waals surface area contributed by atoms with Crippen LogP contribution in [0.3, 0.4) is 0 Å². The number of aliphatic hydroxyl groups is 1. The Morgan fingerprint density at radius 2 is 1.10 bits per heavy atom. The first-order valence-corrected chi connectivity index (χ1v) is 14.8. The maximum Gasteiger partial charge on any atom is 0.303 e. The van der Waals surface area contributed by atoms with E-state index >= 15 is 0 Å². The van der Waals surface area contributed by atoms with Gasteiger partial charge in [-0.15, -0.1) is 0 Å². The van der Waals surface area contributed by atoms with Gasteiger partial charge in [0.25, 0.3) is 0 Å². The highest BCUT2D eigenvalue weighted by Crippen LogP contribution is 2.32. The number of aliphatic hydroxyl groups excluding tert-OH is 1. The van der Waals surface area contributed by atoms with Crippen LogP contribution in [0.1, 0.15) is 55.4 Å². The lowest BCUT2D eigenvalue weighted by Crippen LogP contribution is -2.67. The highest BCUT2D eigenvalue weighted by atomic mass is 16.7. The van der Waals surface area contributed by atoms with Gasteiger partial charge in [-0.2, -0.15) is 0 Å². The van der Waals surface area contributed by atoms with Gasteiger partial charge in [-0.05, 0) is 0 Å². The lowest BCUT2D eigenvalue weighted by Gasteiger charge is -2.46. The van der Waals surface area contributed by atoms with Crippen molar-refractivity contribution in [1.29, 1.82) is 0 Å². The van der Waals surface area contributed by atoms with E-state index in [1.54, 1.807) is 0 Å². The van der Waals surface area contributed by atoms with Crippen molar-refractivity contribution in [1.82, 2.24) is 5.32 Å². The normalized spacial score (nSPS) is 30.0. The Balaban J connectivity index is 2.58. The molecule has 0 radical (unpaired) electrons. The minimum Gasteiger partial charge on any atom is -0.463 e. The van der Waals surface area contributed by atoms with E-state index < -0.39 is 128 Å². The smallest absolute Gasteiger partial charge is 0.303 e. The monoisotopic (exact) mass is 707 g/mol. The second-order valence-corrected chi connectivity index (χ2v) is 10.9. The summed E-state index contributed by atoms with van der Waals surface area (Å²) in [6.07, 6.45) is -16.3. The van der Waals surface area contributed by atoms with Crippen LogP contribution in [0.4, 0.5) is 0 Å². The third-order valence-corrected chi connectivity index (χ3v) is 6.63. The van der Waals surface area contributed by atoms with Gasteiger partial charge in [0.05, 0.1) is 6.61 Å². The van der Waals surface area contributed by atoms with Crippen molar-refractivity contribution in [3.05, 3.63) is 0 Å². The lowest BCUT2D eigenvalue weighted by atomic mass is 9.94. The molecule has 1 unspecified atom stereocenters. The van der Waals surface area contributed by atoms with Crippen LogP contribution in [0.15, 0.2) is 0 Å². The third-order valence-electron chi connectivity index (χ3n) is 6.63. The summed E-state index contributed by atoms with van der Waals surface area (Å²) in [5.74, 6) is -6.84. The fourth-order valence-electron chi connectivity index (χ4n) is 5.15. The first-order chi connectivity index (χ1) is 22.8. The van der Waals surface area contributed by atoms with Crippen molar-refractivity contribution >= 4 is 47.7 Å². The molecule has 11 atom stereocenters. The Kier molecular flexibility index (Phi) is 15.3. The predicted molar refractivity (Wildman–Crippen MR) is 153 cm³/mol. The first-order valence-electron chi connectivity index (χ1n) is 14.8. The highest BCUT2D eigenvalue weighted by molar-refractivity contribution is 5.74. The van der Waals surface area contributed by atoms with Gasteiger partial charge >= 0.3 is 41.8 Å². The summed E-state index contributed by atoms with van der Waals surface area (Å²) in [6, 6.07) is -1.42. The van der Waals surface area contributed by atoms with E-state index in [1.807, 2.05) is 0 Å². The van der Waals surface area contributed by atoms with E-state index in [9.17, 15) is 43.5 Å². The fourth-order valence-corrected chi connectivity index (χ4v) is 5.15. The second kappa shape index (κ2) is 18.4. The average molecular weight is 708 g/mol. The molecule has 0 bridgehead atoms. The maximum atomic E-state index is 12.3. The number of esters is 7. The van der Waals surface area contributed by atoms with Crippen molar-refractivity contribution in [2.24, 2.45) is 0 Å². The number of nitrogens with one attached hydrogen (secondary N) is 1. The van der Waals surface area contributed by atoms with E-state index in [0.717, 1.165) is 55.4 Å². The number of rotatable bonds is 13. The third kappa shape index (κ3) is 12.5. The second-order valence-electron chi connectivity index (χ2n) is 10.9. The quantitative estimate of drug-likeness (QED) is 0.156. The number of hydrogen-bond acceptors (Lipinski definition) is 19. The van der Waals surface area contributed by atoms with Crippen LogP contribution >= 0.6 is 0 Å². The lowest BCUT2D eigenvalue weighted by molar-refractivity contribution is -0.315. The topological polar surface area (TPSA) is 261 Å². The summed E-state index contributed by atoms with van der Waals surface area (Å²) in [4.78, 5) is 96.3. The predicted octanol–water partition coefficient (Wildman–Crippen LogP) is -1.90. The molecular weight excluding hydrogens is 666 g/mol. The van der Waals surface area contributed by atoms with Crippen LogP contribution < -0.4 is 5.32 Å². The van der Waals surface area contributed by atoms with Crippen LogP contribution in [0.25, 0.3) is 0 Å². The molecule has 2 rings (SSSR count). The molecule has 20 heteroatoms. The highest BCUT2D eigenvalue weighted by Gasteiger charge is 2.56. The van der Waals surface area contributed by atoms with E-state index in [1.165, 1.54) is 0 Å². The molecule has 0 aromatic rings. The minimum absolute atomic E-state index is 0.543. The van der Waals surface area contributed by atoms with Gasteiger partial charge in [0.15, 0.2) is 49.2 Å². The van der Waals surface area contributed by atoms with Gasteiger partial charge in [-0.1, -0.05) is 0 Å². The van der Waals surface area contributed by atoms with Gasteiger partial charge in [-0.3, -0.25) is 38.4 Å². The van der Waals surface area contributed by atoms with E-state index in [2.05, 4.69) is 5.32 Å². The Morgan fingerprint density at radius 1 is 0.612 bits per heavy atom. The molecule has 0 saturated carbocycles. The minimum atomic E-state index is -2.02. The molecule has 2 heterocycles. The van der Waals surface area contributed by atoms with Gasteiger partial charge in [0, 0.05) is 55.4 Å². The van der Waals surface area contributed by atoms with Crippen molar-refractivity contribution in [2.45, 2.75) is 123 Å². The van der Waals surface area contributed by atoms with E-state index in [-0.39, 0.29) is 0 Å². The Bertz CT molecular complexity index is 1250. The molecule has 1 amide bonds. The Morgan fingerprint density at radius 3 is 1.59 bits per heavy atom. The number of carbonyl (C=O) groups is 8. The summed E-state index contributed by atoms with van der Waals surface area (Å²) in [7, 11) is 0. The molecule has 2 aliphatic rings. The van der Waals surface area contributed by atoms with E-state index in [4.69, 9.17) is 47.4 Å². The molecule has 276 valence electrons. The van der Waals surface area contributed by atoms with E-state index in [0.29, 0.717) is 0 Å². The molecule has 2 N–H and O–H groups in total. The summed E-state index contributed by atoms with van der Waals surface area (Å²) >= 11 is 0. The van der Waals surface area contributed by atoms with Crippen LogP contribution in [0.2, 0.25) is 0 Å². The SMILES string of the molecule is CC(=O)N[C@H]1[C@H](OC[C@H](OC(C)=O)[C@H]2OC(O)[C@@H](OC(C)=O)[C@@H](OC(C)=O)[C@@H]2OC(C)=O)O[C@H](COC(C)=O)[C@@H](OC(C)=O)[C@@H]1OC(C)=O. The van der Waals surface area contributed by atoms with Crippen LogP contribution in [-0.4, -0.2) is 133 Å². The molecule has 2 aliphatic heterocycles. The van der Waals surface area contributed by atoms with Gasteiger partial charge in [-0.25, -0.2) is 0 Å². The van der Waals surface area contributed by atoms with Crippen molar-refractivity contribution in [3.63, 3.8) is 0 Å². The van der Waals surface area contributed by atoms with Crippen LogP contribution in [0.5, 0.6) is 0 Å². The summed E-state index contributed by atoms with van der Waals surface area (Å²) in [6.45, 7) is 7.02. The average Bonchev–Trinajstić information content (AvgIpc) is 2.94. The van der Waals surface area contributed by atoms with Crippen LogP contribution in [-0.2, 0) is 85.7 Å². The van der Waals surface area contributed by atoms with Crippen molar-refractivity contribution in [2.75, 3.05) is 13.2 Å². The standard InChI is InChI=1S/C29H41NO19/c1-11(31)30-21-24(44-15(5)35)22(43-14(4)34)20(9-40-12(2)32)48-29(21)41-10-19(42-13(3)33)23-25(45-16(6)36)26(46-17(7)37)27(28(39)49-23)47-18(8)38/h19-29,39H,9-10H2,1-8H3,(H,30,31)/t19-,20+,21+,22+,23+,24+,25+,26-,27-,28?,29+/m0/s1. The summed E-state index contributed by atoms with van der Waals surface area (Å²) < 4.78 is 54.4. The molecule has 0 aliphatic carbocycles. The zero-order valence-electron chi connectivity index (χ0n) is 28.1. The molecule has 0 aromatic carbocycles. The zero-order chi connectivity index (χ0) is 37.2. The van der Waals surface area contributed by atoms with Crippen molar-refractivity contribution in [3.8, 4) is 0 Å². The molecule has 2 fully saturated rings. The van der Waals surface area contributed by atoms with Crippen LogP contribution in [0, 0.1) is 0 Å².